The summed E-state index contributed by atoms with van der Waals surface area (Å²) in [4.78, 5) is 5.38. The lowest BCUT2D eigenvalue weighted by molar-refractivity contribution is 0.110. The van der Waals surface area contributed by atoms with E-state index in [9.17, 15) is 8.42 Å². The largest absolute Gasteiger partial charge is 0.303 e. The lowest BCUT2D eigenvalue weighted by Gasteiger charge is -2.38. The van der Waals surface area contributed by atoms with Gasteiger partial charge >= 0.3 is 0 Å². The molecule has 0 aliphatic carbocycles. The van der Waals surface area contributed by atoms with Crippen molar-refractivity contribution in [1.82, 2.24) is 14.1 Å². The topological polar surface area (TPSA) is 43.9 Å². The molecule has 0 aromatic rings. The molecule has 0 bridgehead atoms. The van der Waals surface area contributed by atoms with Crippen molar-refractivity contribution in [2.24, 2.45) is 17.8 Å². The molecule has 0 amide bonds. The third kappa shape index (κ3) is 5.18. The van der Waals surface area contributed by atoms with E-state index in [0.29, 0.717) is 0 Å². The average Bonchev–Trinajstić information content (AvgIpc) is 3.04. The Morgan fingerprint density at radius 2 is 1.48 bits per heavy atom. The van der Waals surface area contributed by atoms with E-state index in [0.717, 1.165) is 49.7 Å². The molecule has 0 aromatic heterocycles. The summed E-state index contributed by atoms with van der Waals surface area (Å²) >= 11 is 0. The van der Waals surface area contributed by atoms with E-state index < -0.39 is 10.0 Å². The maximum atomic E-state index is 11.7. The van der Waals surface area contributed by atoms with Crippen LogP contribution >= 0.6 is 0 Å². The quantitative estimate of drug-likeness (QED) is 0.742. The summed E-state index contributed by atoms with van der Waals surface area (Å²) < 4.78 is 25.0. The molecule has 6 heteroatoms. The van der Waals surface area contributed by atoms with Gasteiger partial charge in [0.15, 0.2) is 0 Å². The van der Waals surface area contributed by atoms with E-state index in [4.69, 9.17) is 0 Å². The first-order chi connectivity index (χ1) is 11.8. The molecule has 0 saturated carbocycles. The van der Waals surface area contributed by atoms with E-state index in [2.05, 4.69) is 23.6 Å². The van der Waals surface area contributed by atoms with Gasteiger partial charge in [-0.05, 0) is 69.5 Å². The van der Waals surface area contributed by atoms with Crippen LogP contribution in [0.25, 0.3) is 0 Å². The molecule has 3 saturated heterocycles. The molecule has 3 heterocycles. The van der Waals surface area contributed by atoms with Crippen LogP contribution in [0, 0.1) is 17.8 Å². The lowest BCUT2D eigenvalue weighted by Crippen LogP contribution is -2.45. The van der Waals surface area contributed by atoms with Crippen LogP contribution in [0.3, 0.4) is 0 Å². The number of hydrogen-bond acceptors (Lipinski definition) is 4. The van der Waals surface area contributed by atoms with Crippen LogP contribution in [0.1, 0.15) is 46.0 Å². The van der Waals surface area contributed by atoms with Crippen LogP contribution in [0.5, 0.6) is 0 Å². The van der Waals surface area contributed by atoms with Gasteiger partial charge in [-0.1, -0.05) is 13.8 Å². The molecular formula is C19H37N3O2S. The lowest BCUT2D eigenvalue weighted by atomic mass is 9.84. The minimum atomic E-state index is -3.00. The van der Waals surface area contributed by atoms with Gasteiger partial charge in [-0.2, -0.15) is 0 Å². The first-order valence-corrected chi connectivity index (χ1v) is 12.1. The highest BCUT2D eigenvalue weighted by Gasteiger charge is 2.36. The van der Waals surface area contributed by atoms with Crippen LogP contribution in [0.15, 0.2) is 0 Å². The SMILES string of the molecule is CC(C)CN1CCC(N2CCC(C3CCN(S(C)(=O)=O)CC3)C2)CC1. The van der Waals surface area contributed by atoms with Crippen LogP contribution < -0.4 is 0 Å². The third-order valence-electron chi connectivity index (χ3n) is 6.59. The van der Waals surface area contributed by atoms with Crippen molar-refractivity contribution in [3.05, 3.63) is 0 Å². The Kier molecular flexibility index (Phi) is 6.45. The van der Waals surface area contributed by atoms with Gasteiger partial charge in [0, 0.05) is 32.2 Å². The van der Waals surface area contributed by atoms with Crippen molar-refractivity contribution in [2.75, 3.05) is 52.1 Å². The normalized spacial score (nSPS) is 29.7. The Balaban J connectivity index is 1.42. The van der Waals surface area contributed by atoms with Crippen LogP contribution in [0.4, 0.5) is 0 Å². The summed E-state index contributed by atoms with van der Waals surface area (Å²) in [6.45, 7) is 12.4. The molecule has 0 aromatic carbocycles. The van der Waals surface area contributed by atoms with Gasteiger partial charge < -0.3 is 4.90 Å². The Labute approximate surface area is 154 Å². The standard InChI is InChI=1S/C19H37N3O2S/c1-16(2)14-20-9-7-19(8-10-20)21-11-4-18(15-21)17-5-12-22(13-6-17)25(3,23)24/h16-19H,4-15H2,1-3H3. The second-order valence-electron chi connectivity index (χ2n) is 8.97. The van der Waals surface area contributed by atoms with Gasteiger partial charge in [-0.25, -0.2) is 12.7 Å². The van der Waals surface area contributed by atoms with E-state index in [1.807, 2.05) is 0 Å². The molecule has 1 unspecified atom stereocenters. The second kappa shape index (κ2) is 8.24. The molecule has 0 spiro atoms. The first-order valence-electron chi connectivity index (χ1n) is 10.2. The third-order valence-corrected chi connectivity index (χ3v) is 7.89. The molecule has 1 atom stereocenters. The molecule has 25 heavy (non-hydrogen) atoms. The minimum absolute atomic E-state index is 0.726. The van der Waals surface area contributed by atoms with Crippen molar-refractivity contribution in [3.8, 4) is 0 Å². The van der Waals surface area contributed by atoms with Gasteiger partial charge in [0.1, 0.15) is 0 Å². The fraction of sp³-hybridized carbons (Fsp3) is 1.00. The molecule has 3 fully saturated rings. The monoisotopic (exact) mass is 371 g/mol. The molecule has 3 rings (SSSR count). The fourth-order valence-electron chi connectivity index (χ4n) is 5.19. The molecule has 3 aliphatic rings. The fourth-order valence-corrected chi connectivity index (χ4v) is 6.07. The predicted molar refractivity (Wildman–Crippen MR) is 103 cm³/mol. The molecular weight excluding hydrogens is 334 g/mol. The summed E-state index contributed by atoms with van der Waals surface area (Å²) in [5, 5.41) is 0. The second-order valence-corrected chi connectivity index (χ2v) is 11.0. The van der Waals surface area contributed by atoms with Crippen molar-refractivity contribution < 1.29 is 8.42 Å². The van der Waals surface area contributed by atoms with Crippen LogP contribution in [-0.4, -0.2) is 80.6 Å². The number of hydrogen-bond donors (Lipinski definition) is 0. The molecule has 0 radical (unpaired) electrons. The van der Waals surface area contributed by atoms with Crippen molar-refractivity contribution in [2.45, 2.75) is 52.0 Å². The minimum Gasteiger partial charge on any atom is -0.303 e. The van der Waals surface area contributed by atoms with E-state index in [1.54, 1.807) is 4.31 Å². The van der Waals surface area contributed by atoms with E-state index in [1.165, 1.54) is 58.2 Å². The summed E-state index contributed by atoms with van der Waals surface area (Å²) in [5.74, 6) is 2.28. The van der Waals surface area contributed by atoms with E-state index in [-0.39, 0.29) is 0 Å². The summed E-state index contributed by atoms with van der Waals surface area (Å²) in [6.07, 6.45) is 7.42. The first kappa shape index (κ1) is 19.6. The van der Waals surface area contributed by atoms with Crippen molar-refractivity contribution in [1.29, 1.82) is 0 Å². The Hall–Kier alpha value is -0.170. The average molecular weight is 372 g/mol. The number of rotatable bonds is 5. The van der Waals surface area contributed by atoms with Crippen molar-refractivity contribution in [3.63, 3.8) is 0 Å². The van der Waals surface area contributed by atoms with Gasteiger partial charge in [0.25, 0.3) is 0 Å². The molecule has 3 aliphatic heterocycles. The zero-order valence-electron chi connectivity index (χ0n) is 16.4. The predicted octanol–water partition coefficient (Wildman–Crippen LogP) is 2.10. The number of sulfonamides is 1. The smallest absolute Gasteiger partial charge is 0.211 e. The Morgan fingerprint density at radius 1 is 0.880 bits per heavy atom. The summed E-state index contributed by atoms with van der Waals surface area (Å²) in [6, 6.07) is 0.782. The summed E-state index contributed by atoms with van der Waals surface area (Å²) in [7, 11) is -3.00. The Bertz CT molecular complexity index is 521. The van der Waals surface area contributed by atoms with Gasteiger partial charge in [0.2, 0.25) is 10.0 Å². The highest BCUT2D eigenvalue weighted by atomic mass is 32.2. The van der Waals surface area contributed by atoms with Gasteiger partial charge in [-0.15, -0.1) is 0 Å². The molecule has 0 N–H and O–H groups in total. The van der Waals surface area contributed by atoms with Crippen LogP contribution in [0.2, 0.25) is 0 Å². The molecule has 146 valence electrons. The van der Waals surface area contributed by atoms with Gasteiger partial charge in [-0.3, -0.25) is 4.90 Å². The Morgan fingerprint density at radius 3 is 2.04 bits per heavy atom. The zero-order valence-corrected chi connectivity index (χ0v) is 17.2. The van der Waals surface area contributed by atoms with E-state index >= 15 is 0 Å². The maximum Gasteiger partial charge on any atom is 0.211 e. The highest BCUT2D eigenvalue weighted by Crippen LogP contribution is 2.34. The van der Waals surface area contributed by atoms with Gasteiger partial charge in [0.05, 0.1) is 6.26 Å². The molecule has 5 nitrogen and oxygen atoms in total. The maximum absolute atomic E-state index is 11.7. The number of nitrogens with zero attached hydrogens (tertiary/aromatic N) is 3. The number of piperidine rings is 2. The van der Waals surface area contributed by atoms with Crippen LogP contribution in [-0.2, 0) is 10.0 Å². The zero-order chi connectivity index (χ0) is 18.0. The summed E-state index contributed by atoms with van der Waals surface area (Å²) in [5.41, 5.74) is 0. The highest BCUT2D eigenvalue weighted by molar-refractivity contribution is 7.88. The number of likely N-dealkylation sites (tertiary alicyclic amines) is 2. The van der Waals surface area contributed by atoms with Crippen molar-refractivity contribution >= 4 is 10.0 Å².